The third-order valence-electron chi connectivity index (χ3n) is 5.43. The Labute approximate surface area is 202 Å². The molecular weight excluding hydrogens is 460 g/mol. The molecule has 1 aromatic carbocycles. The van der Waals surface area contributed by atoms with Crippen LogP contribution in [0.2, 0.25) is 5.02 Å². The Morgan fingerprint density at radius 2 is 2.03 bits per heavy atom. The van der Waals surface area contributed by atoms with E-state index in [-0.39, 0.29) is 49.7 Å². The maximum atomic E-state index is 13.1. The summed E-state index contributed by atoms with van der Waals surface area (Å²) in [6, 6.07) is 8.30. The van der Waals surface area contributed by atoms with Gasteiger partial charge in [-0.2, -0.15) is 0 Å². The molecule has 0 fully saturated rings. The number of hydrogen-bond donors (Lipinski definition) is 2. The average Bonchev–Trinajstić information content (AvgIpc) is 3.25. The highest BCUT2D eigenvalue weighted by molar-refractivity contribution is 6.33. The number of ether oxygens (including phenoxy) is 1. The number of halogens is 1. The van der Waals surface area contributed by atoms with E-state index >= 15 is 0 Å². The van der Waals surface area contributed by atoms with Gasteiger partial charge in [0.25, 0.3) is 11.8 Å². The van der Waals surface area contributed by atoms with Crippen LogP contribution in [0.5, 0.6) is 0 Å². The molecule has 3 rings (SSSR count). The third kappa shape index (κ3) is 5.47. The van der Waals surface area contributed by atoms with Crippen molar-refractivity contribution >= 4 is 35.5 Å². The smallest absolute Gasteiger partial charge is 0.339 e. The summed E-state index contributed by atoms with van der Waals surface area (Å²) in [6.07, 6.45) is 2.11. The van der Waals surface area contributed by atoms with Crippen LogP contribution in [0, 0.1) is 0 Å². The Bertz CT molecular complexity index is 1160. The van der Waals surface area contributed by atoms with Gasteiger partial charge < -0.3 is 20.0 Å². The summed E-state index contributed by atoms with van der Waals surface area (Å²) in [6.45, 7) is 3.67. The van der Waals surface area contributed by atoms with Gasteiger partial charge in [-0.1, -0.05) is 17.2 Å². The van der Waals surface area contributed by atoms with E-state index in [9.17, 15) is 19.5 Å². The van der Waals surface area contributed by atoms with Crippen molar-refractivity contribution in [1.82, 2.24) is 4.90 Å². The topological polar surface area (TPSA) is 123 Å². The standard InChI is InChI=1S/C25H27ClN2O6/c1-3-33-25(32)19-13-16(5-7-21(19)26)22-8-6-18(34-22)12-17-11-15(2)20(14-27)24(31)28(23(17)30)9-4-10-29/h5-8,12-13,29H,3-4,9-11,14,27H2,1-2H3/b17-12-. The first-order valence-electron chi connectivity index (χ1n) is 10.9. The second-order valence-electron chi connectivity index (χ2n) is 7.77. The second-order valence-corrected chi connectivity index (χ2v) is 8.17. The van der Waals surface area contributed by atoms with Crippen molar-refractivity contribution in [3.63, 3.8) is 0 Å². The zero-order valence-corrected chi connectivity index (χ0v) is 19.9. The molecule has 3 N–H and O–H groups in total. The number of hydrogen-bond acceptors (Lipinski definition) is 7. The van der Waals surface area contributed by atoms with E-state index < -0.39 is 17.8 Å². The molecule has 0 bridgehead atoms. The first kappa shape index (κ1) is 25.4. The molecule has 1 aliphatic rings. The molecule has 9 heteroatoms. The van der Waals surface area contributed by atoms with Gasteiger partial charge in [0.2, 0.25) is 0 Å². The van der Waals surface area contributed by atoms with Crippen molar-refractivity contribution in [2.24, 2.45) is 5.73 Å². The molecule has 180 valence electrons. The van der Waals surface area contributed by atoms with E-state index in [1.165, 1.54) is 0 Å². The lowest BCUT2D eigenvalue weighted by Crippen LogP contribution is -2.39. The summed E-state index contributed by atoms with van der Waals surface area (Å²) in [7, 11) is 0. The maximum absolute atomic E-state index is 13.1. The number of aliphatic hydroxyl groups excluding tert-OH is 1. The number of furan rings is 1. The highest BCUT2D eigenvalue weighted by atomic mass is 35.5. The average molecular weight is 487 g/mol. The molecule has 2 amide bonds. The van der Waals surface area contributed by atoms with Crippen LogP contribution in [0.4, 0.5) is 0 Å². The predicted octanol–water partition coefficient (Wildman–Crippen LogP) is 3.58. The first-order valence-corrected chi connectivity index (χ1v) is 11.3. The minimum atomic E-state index is -0.530. The number of nitrogens with two attached hydrogens (primary N) is 1. The molecule has 0 aliphatic carbocycles. The van der Waals surface area contributed by atoms with Crippen LogP contribution in [0.3, 0.4) is 0 Å². The van der Waals surface area contributed by atoms with Gasteiger partial charge in [0.05, 0.1) is 17.2 Å². The lowest BCUT2D eigenvalue weighted by Gasteiger charge is -2.20. The van der Waals surface area contributed by atoms with E-state index in [0.29, 0.717) is 33.8 Å². The molecular formula is C25H27ClN2O6. The van der Waals surface area contributed by atoms with Gasteiger partial charge in [0.1, 0.15) is 11.5 Å². The van der Waals surface area contributed by atoms with Crippen LogP contribution in [-0.2, 0) is 14.3 Å². The van der Waals surface area contributed by atoms with Crippen LogP contribution in [0.25, 0.3) is 17.4 Å². The van der Waals surface area contributed by atoms with Gasteiger partial charge in [0, 0.05) is 36.4 Å². The number of carbonyl (C=O) groups excluding carboxylic acids is 3. The van der Waals surface area contributed by atoms with Crippen molar-refractivity contribution in [3.05, 3.63) is 63.4 Å². The van der Waals surface area contributed by atoms with Gasteiger partial charge in [-0.25, -0.2) is 4.79 Å². The number of nitrogens with zero attached hydrogens (tertiary/aromatic N) is 1. The minimum Gasteiger partial charge on any atom is -0.462 e. The van der Waals surface area contributed by atoms with E-state index in [1.54, 1.807) is 50.3 Å². The fourth-order valence-electron chi connectivity index (χ4n) is 3.69. The number of amides is 2. The maximum Gasteiger partial charge on any atom is 0.339 e. The van der Waals surface area contributed by atoms with Gasteiger partial charge in [0.15, 0.2) is 0 Å². The normalized spacial score (nSPS) is 15.8. The quantitative estimate of drug-likeness (QED) is 0.332. The number of aliphatic hydroxyl groups is 1. The highest BCUT2D eigenvalue weighted by Gasteiger charge is 2.31. The van der Waals surface area contributed by atoms with Crippen molar-refractivity contribution in [3.8, 4) is 11.3 Å². The summed E-state index contributed by atoms with van der Waals surface area (Å²) < 4.78 is 11.0. The Balaban J connectivity index is 1.95. The number of esters is 1. The molecule has 2 aromatic rings. The van der Waals surface area contributed by atoms with Crippen molar-refractivity contribution < 1.29 is 28.6 Å². The van der Waals surface area contributed by atoms with E-state index in [1.807, 2.05) is 0 Å². The Morgan fingerprint density at radius 3 is 2.71 bits per heavy atom. The zero-order valence-electron chi connectivity index (χ0n) is 19.1. The molecule has 0 spiro atoms. The number of benzene rings is 1. The molecule has 0 atom stereocenters. The molecule has 0 radical (unpaired) electrons. The van der Waals surface area contributed by atoms with E-state index in [0.717, 1.165) is 4.90 Å². The van der Waals surface area contributed by atoms with Crippen LogP contribution >= 0.6 is 11.6 Å². The summed E-state index contributed by atoms with van der Waals surface area (Å²) >= 11 is 6.14. The monoisotopic (exact) mass is 486 g/mol. The van der Waals surface area contributed by atoms with Gasteiger partial charge in [-0.3, -0.25) is 14.5 Å². The summed E-state index contributed by atoms with van der Waals surface area (Å²) in [5.74, 6) is -0.536. The van der Waals surface area contributed by atoms with Gasteiger partial charge in [-0.15, -0.1) is 0 Å². The molecule has 2 heterocycles. The fraction of sp³-hybridized carbons (Fsp3) is 0.320. The number of allylic oxidation sites excluding steroid dienone is 1. The lowest BCUT2D eigenvalue weighted by molar-refractivity contribution is -0.139. The predicted molar refractivity (Wildman–Crippen MR) is 128 cm³/mol. The highest BCUT2D eigenvalue weighted by Crippen LogP contribution is 2.30. The Kier molecular flexibility index (Phi) is 8.44. The van der Waals surface area contributed by atoms with Crippen LogP contribution in [0.15, 0.2) is 51.5 Å². The molecule has 0 saturated heterocycles. The Hall–Kier alpha value is -3.20. The second kappa shape index (κ2) is 11.3. The van der Waals surface area contributed by atoms with E-state index in [4.69, 9.17) is 26.5 Å². The first-order chi connectivity index (χ1) is 16.3. The molecule has 34 heavy (non-hydrogen) atoms. The van der Waals surface area contributed by atoms with Gasteiger partial charge in [-0.05, 0) is 63.1 Å². The summed E-state index contributed by atoms with van der Waals surface area (Å²) in [5, 5.41) is 9.44. The van der Waals surface area contributed by atoms with E-state index in [2.05, 4.69) is 0 Å². The zero-order chi connectivity index (χ0) is 24.8. The number of carbonyl (C=O) groups is 3. The third-order valence-corrected chi connectivity index (χ3v) is 5.76. The van der Waals surface area contributed by atoms with Crippen molar-refractivity contribution in [1.29, 1.82) is 0 Å². The van der Waals surface area contributed by atoms with Crippen molar-refractivity contribution in [2.75, 3.05) is 26.3 Å². The summed E-state index contributed by atoms with van der Waals surface area (Å²) in [4.78, 5) is 39.3. The summed E-state index contributed by atoms with van der Waals surface area (Å²) in [5.41, 5.74) is 8.09. The molecule has 0 unspecified atom stereocenters. The fourth-order valence-corrected chi connectivity index (χ4v) is 3.88. The largest absolute Gasteiger partial charge is 0.462 e. The molecule has 1 aromatic heterocycles. The molecule has 8 nitrogen and oxygen atoms in total. The lowest BCUT2D eigenvalue weighted by atomic mass is 10.0. The number of rotatable bonds is 8. The van der Waals surface area contributed by atoms with Crippen molar-refractivity contribution in [2.45, 2.75) is 26.7 Å². The van der Waals surface area contributed by atoms with Crippen LogP contribution < -0.4 is 5.73 Å². The van der Waals surface area contributed by atoms with Gasteiger partial charge >= 0.3 is 5.97 Å². The number of imide groups is 1. The van der Waals surface area contributed by atoms with Crippen LogP contribution in [0.1, 0.15) is 42.8 Å². The SMILES string of the molecule is CCOC(=O)c1cc(-c2ccc(/C=C3/CC(C)=C(CN)C(=O)N(CCCO)C3=O)o2)ccc1Cl. The Morgan fingerprint density at radius 1 is 1.26 bits per heavy atom. The van der Waals surface area contributed by atoms with Crippen LogP contribution in [-0.4, -0.2) is 54.1 Å². The molecule has 1 aliphatic heterocycles. The molecule has 0 saturated carbocycles. The minimum absolute atomic E-state index is 0.0190.